The highest BCUT2D eigenvalue weighted by molar-refractivity contribution is 6.01. The fraction of sp³-hybridized carbons (Fsp3) is 0.148. The van der Waals surface area contributed by atoms with Crippen molar-refractivity contribution in [3.05, 3.63) is 258 Å². The molecular formula is C61H58. The molecule has 61 heavy (non-hydrogen) atoms. The van der Waals surface area contributed by atoms with E-state index in [1.165, 1.54) is 96.8 Å². The maximum Gasteiger partial charge on any atom is 0.0719 e. The zero-order chi connectivity index (χ0) is 42.4. The van der Waals surface area contributed by atoms with E-state index in [1.54, 1.807) is 0 Å². The van der Waals surface area contributed by atoms with E-state index in [1.807, 2.05) is 19.9 Å². The van der Waals surface area contributed by atoms with Gasteiger partial charge in [-0.1, -0.05) is 266 Å². The van der Waals surface area contributed by atoms with Gasteiger partial charge in [0, 0.05) is 0 Å². The van der Waals surface area contributed by atoms with Crippen molar-refractivity contribution >= 4 is 16.3 Å². The van der Waals surface area contributed by atoms with Crippen LogP contribution < -0.4 is 0 Å². The molecule has 0 bridgehead atoms. The van der Waals surface area contributed by atoms with Crippen molar-refractivity contribution in [2.24, 2.45) is 0 Å². The van der Waals surface area contributed by atoms with Crippen LogP contribution in [-0.2, 0) is 11.8 Å². The third-order valence-electron chi connectivity index (χ3n) is 11.7. The molecule has 8 aromatic rings. The molecule has 0 nitrogen and oxygen atoms in total. The maximum atomic E-state index is 3.97. The molecule has 0 spiro atoms. The lowest BCUT2D eigenvalue weighted by atomic mass is 9.66. The Morgan fingerprint density at radius 1 is 0.525 bits per heavy atom. The highest BCUT2D eigenvalue weighted by atomic mass is 14.5. The summed E-state index contributed by atoms with van der Waals surface area (Å²) in [5, 5.41) is 2.53. The molecule has 0 saturated carbocycles. The topological polar surface area (TPSA) is 0 Å². The SMILES string of the molecule is C=C/C=C(\C=C/Cc1ccc2c(c1)C(c1ccccc1)(c1ccccc1)c1c-2ccc2cc(-c3ccc(-c4ccccc4)cc3)ccc12)c1ccccc1.CC.CCCCC. The molecule has 1 aliphatic rings. The number of hydrogen-bond donors (Lipinski definition) is 0. The summed E-state index contributed by atoms with van der Waals surface area (Å²) in [5.41, 5.74) is 15.9. The summed E-state index contributed by atoms with van der Waals surface area (Å²) in [6.07, 6.45) is 13.3. The van der Waals surface area contributed by atoms with Gasteiger partial charge in [-0.05, 0) is 95.6 Å². The summed E-state index contributed by atoms with van der Waals surface area (Å²) >= 11 is 0. The molecule has 0 heteroatoms. The summed E-state index contributed by atoms with van der Waals surface area (Å²) in [5.74, 6) is 0. The average Bonchev–Trinajstić information content (AvgIpc) is 3.64. The Balaban J connectivity index is 0.000000749. The minimum absolute atomic E-state index is 0.497. The van der Waals surface area contributed by atoms with Gasteiger partial charge in [-0.15, -0.1) is 0 Å². The van der Waals surface area contributed by atoms with E-state index in [4.69, 9.17) is 0 Å². The molecular weight excluding hydrogens is 733 g/mol. The fourth-order valence-electron chi connectivity index (χ4n) is 8.85. The molecule has 0 heterocycles. The Kier molecular flexibility index (Phi) is 14.2. The predicted octanol–water partition coefficient (Wildman–Crippen LogP) is 17.1. The molecule has 0 radical (unpaired) electrons. The molecule has 0 unspecified atom stereocenters. The first kappa shape index (κ1) is 42.4. The van der Waals surface area contributed by atoms with Gasteiger partial charge in [-0.25, -0.2) is 0 Å². The zero-order valence-corrected chi connectivity index (χ0v) is 36.3. The lowest BCUT2D eigenvalue weighted by molar-refractivity contribution is 0.772. The molecule has 0 amide bonds. The highest BCUT2D eigenvalue weighted by Gasteiger charge is 2.47. The van der Waals surface area contributed by atoms with E-state index in [0.717, 1.165) is 12.0 Å². The molecule has 0 aliphatic heterocycles. The quantitative estimate of drug-likeness (QED) is 0.115. The first-order chi connectivity index (χ1) is 30.1. The fourth-order valence-corrected chi connectivity index (χ4v) is 8.85. The second-order valence-corrected chi connectivity index (χ2v) is 15.4. The molecule has 8 aromatic carbocycles. The van der Waals surface area contributed by atoms with Crippen molar-refractivity contribution in [3.63, 3.8) is 0 Å². The largest absolute Gasteiger partial charge is 0.0990 e. The van der Waals surface area contributed by atoms with E-state index in [9.17, 15) is 0 Å². The van der Waals surface area contributed by atoms with Crippen LogP contribution >= 0.6 is 0 Å². The molecule has 0 atom stereocenters. The van der Waals surface area contributed by atoms with Crippen molar-refractivity contribution in [2.75, 3.05) is 0 Å². The van der Waals surface area contributed by atoms with Gasteiger partial charge >= 0.3 is 0 Å². The Morgan fingerprint density at radius 2 is 1.05 bits per heavy atom. The average molecular weight is 791 g/mol. The van der Waals surface area contributed by atoms with Gasteiger partial charge in [-0.3, -0.25) is 0 Å². The number of hydrogen-bond acceptors (Lipinski definition) is 0. The van der Waals surface area contributed by atoms with E-state index in [-0.39, 0.29) is 0 Å². The Bertz CT molecular complexity index is 2660. The zero-order valence-electron chi connectivity index (χ0n) is 36.3. The molecule has 1 aliphatic carbocycles. The van der Waals surface area contributed by atoms with Crippen molar-refractivity contribution in [1.82, 2.24) is 0 Å². The third kappa shape index (κ3) is 8.91. The standard InChI is InChI=1S/C54H40.C5H12.C2H6/c1-2-16-40(41-18-7-3-8-19-41)22-15-17-39-27-34-50-51-36-33-46-38-45(44-30-28-43(29-31-44)42-20-9-4-10-21-42)32-35-49(46)53(51)54(52(50)37-39,47-23-11-5-12-24-47)48-25-13-6-14-26-48;1-3-5-4-2;1-2/h2-16,18-38H,1,17H2;3-5H2,1-2H3;1-2H3/b22-15-,40-16+;;. The monoisotopic (exact) mass is 790 g/mol. The van der Waals surface area contributed by atoms with Crippen molar-refractivity contribution < 1.29 is 0 Å². The molecule has 0 N–H and O–H groups in total. The Labute approximate surface area is 365 Å². The van der Waals surface area contributed by atoms with Crippen LogP contribution in [0.1, 0.15) is 80.3 Å². The van der Waals surface area contributed by atoms with Crippen LogP contribution in [0.2, 0.25) is 0 Å². The minimum Gasteiger partial charge on any atom is -0.0990 e. The highest BCUT2D eigenvalue weighted by Crippen LogP contribution is 2.58. The summed E-state index contributed by atoms with van der Waals surface area (Å²) in [4.78, 5) is 0. The van der Waals surface area contributed by atoms with Crippen molar-refractivity contribution in [1.29, 1.82) is 0 Å². The molecule has 0 fully saturated rings. The van der Waals surface area contributed by atoms with Gasteiger partial charge in [-0.2, -0.15) is 0 Å². The number of unbranched alkanes of at least 4 members (excludes halogenated alkanes) is 2. The molecule has 302 valence electrons. The van der Waals surface area contributed by atoms with Gasteiger partial charge in [0.15, 0.2) is 0 Å². The smallest absolute Gasteiger partial charge is 0.0719 e. The van der Waals surface area contributed by atoms with E-state index in [2.05, 4.69) is 233 Å². The van der Waals surface area contributed by atoms with Crippen LogP contribution in [-0.4, -0.2) is 0 Å². The number of rotatable bonds is 11. The summed E-state index contributed by atoms with van der Waals surface area (Å²) in [7, 11) is 0. The lowest BCUT2D eigenvalue weighted by Gasteiger charge is -2.35. The van der Waals surface area contributed by atoms with Crippen LogP contribution in [0, 0.1) is 0 Å². The lowest BCUT2D eigenvalue weighted by Crippen LogP contribution is -2.29. The second kappa shape index (κ2) is 20.5. The van der Waals surface area contributed by atoms with Gasteiger partial charge < -0.3 is 0 Å². The first-order valence-corrected chi connectivity index (χ1v) is 22.2. The van der Waals surface area contributed by atoms with Crippen LogP contribution in [0.3, 0.4) is 0 Å². The number of fused-ring (bicyclic) bond motifs is 5. The normalized spacial score (nSPS) is 12.4. The van der Waals surface area contributed by atoms with Crippen LogP contribution in [0.15, 0.2) is 225 Å². The summed E-state index contributed by atoms with van der Waals surface area (Å²) in [6.45, 7) is 12.4. The van der Waals surface area contributed by atoms with Crippen LogP contribution in [0.25, 0.3) is 49.7 Å². The third-order valence-corrected chi connectivity index (χ3v) is 11.7. The molecule has 0 aromatic heterocycles. The summed E-state index contributed by atoms with van der Waals surface area (Å²) in [6, 6.07) is 71.1. The van der Waals surface area contributed by atoms with Crippen LogP contribution in [0.5, 0.6) is 0 Å². The van der Waals surface area contributed by atoms with Crippen molar-refractivity contribution in [3.8, 4) is 33.4 Å². The predicted molar refractivity (Wildman–Crippen MR) is 266 cm³/mol. The summed E-state index contributed by atoms with van der Waals surface area (Å²) < 4.78 is 0. The minimum atomic E-state index is -0.497. The molecule has 9 rings (SSSR count). The molecule has 0 saturated heterocycles. The van der Waals surface area contributed by atoms with Gasteiger partial charge in [0.25, 0.3) is 0 Å². The number of benzene rings is 8. The van der Waals surface area contributed by atoms with Crippen molar-refractivity contribution in [2.45, 2.75) is 58.8 Å². The van der Waals surface area contributed by atoms with Crippen LogP contribution in [0.4, 0.5) is 0 Å². The van der Waals surface area contributed by atoms with E-state index in [0.29, 0.717) is 0 Å². The second-order valence-electron chi connectivity index (χ2n) is 15.4. The van der Waals surface area contributed by atoms with Gasteiger partial charge in [0.05, 0.1) is 5.41 Å². The van der Waals surface area contributed by atoms with E-state index < -0.39 is 5.41 Å². The van der Waals surface area contributed by atoms with Gasteiger partial charge in [0.1, 0.15) is 0 Å². The maximum absolute atomic E-state index is 3.97. The number of allylic oxidation sites excluding steroid dienone is 5. The van der Waals surface area contributed by atoms with E-state index >= 15 is 0 Å². The Hall–Kier alpha value is -6.76. The first-order valence-electron chi connectivity index (χ1n) is 22.2. The van der Waals surface area contributed by atoms with Gasteiger partial charge in [0.2, 0.25) is 0 Å². The Morgan fingerprint density at radius 3 is 1.62 bits per heavy atom.